The fraction of sp³-hybridized carbons (Fsp3) is 0.263. The van der Waals surface area contributed by atoms with Gasteiger partial charge in [0.25, 0.3) is 5.91 Å². The second kappa shape index (κ2) is 6.93. The third kappa shape index (κ3) is 3.47. The van der Waals surface area contributed by atoms with Gasteiger partial charge in [-0.1, -0.05) is 30.3 Å². The van der Waals surface area contributed by atoms with Crippen molar-refractivity contribution in [1.82, 2.24) is 10.2 Å². The van der Waals surface area contributed by atoms with Gasteiger partial charge in [-0.15, -0.1) is 0 Å². The van der Waals surface area contributed by atoms with Crippen molar-refractivity contribution in [2.24, 2.45) is 5.92 Å². The summed E-state index contributed by atoms with van der Waals surface area (Å²) in [5, 5.41) is 11.9. The number of aromatic hydroxyl groups is 1. The predicted octanol–water partition coefficient (Wildman–Crippen LogP) is 2.48. The van der Waals surface area contributed by atoms with Crippen LogP contribution in [0.4, 0.5) is 4.39 Å². The lowest BCUT2D eigenvalue weighted by molar-refractivity contribution is -0.127. The van der Waals surface area contributed by atoms with Crippen LogP contribution >= 0.6 is 0 Å². The molecule has 2 aromatic rings. The van der Waals surface area contributed by atoms with Gasteiger partial charge in [0.05, 0.1) is 11.6 Å². The number of nitrogens with zero attached hydrogens (tertiary/aromatic N) is 1. The number of rotatable bonds is 4. The molecule has 6 heteroatoms. The second-order valence-corrected chi connectivity index (χ2v) is 6.20. The maximum atomic E-state index is 13.8. The van der Waals surface area contributed by atoms with Crippen LogP contribution in [0.3, 0.4) is 0 Å². The van der Waals surface area contributed by atoms with Gasteiger partial charge >= 0.3 is 0 Å². The Morgan fingerprint density at radius 3 is 2.68 bits per heavy atom. The Hall–Kier alpha value is -2.89. The van der Waals surface area contributed by atoms with Crippen LogP contribution in [0.15, 0.2) is 48.5 Å². The first-order chi connectivity index (χ1) is 12.0. The zero-order chi connectivity index (χ0) is 18.0. The minimum atomic E-state index is -0.781. The summed E-state index contributed by atoms with van der Waals surface area (Å²) < 4.78 is 13.8. The molecule has 3 rings (SSSR count). The number of carbonyl (C=O) groups is 2. The molecule has 1 aliphatic rings. The average molecular weight is 342 g/mol. The van der Waals surface area contributed by atoms with Crippen molar-refractivity contribution in [2.45, 2.75) is 12.5 Å². The summed E-state index contributed by atoms with van der Waals surface area (Å²) in [5.74, 6) is -1.66. The Labute approximate surface area is 145 Å². The minimum Gasteiger partial charge on any atom is -0.508 e. The Morgan fingerprint density at radius 1 is 1.28 bits per heavy atom. The van der Waals surface area contributed by atoms with Crippen LogP contribution in [0.1, 0.15) is 28.4 Å². The van der Waals surface area contributed by atoms with Gasteiger partial charge in [-0.05, 0) is 17.7 Å². The number of halogens is 1. The second-order valence-electron chi connectivity index (χ2n) is 6.20. The number of likely N-dealkylation sites (tertiary alicyclic amines) is 1. The maximum Gasteiger partial charge on any atom is 0.254 e. The highest BCUT2D eigenvalue weighted by Crippen LogP contribution is 2.36. The number of carbonyl (C=O) groups excluding carboxylic acids is 2. The Kier molecular flexibility index (Phi) is 4.70. The third-order valence-corrected chi connectivity index (χ3v) is 4.56. The summed E-state index contributed by atoms with van der Waals surface area (Å²) in [6.07, 6.45) is 0.328. The average Bonchev–Trinajstić information content (AvgIpc) is 2.88. The van der Waals surface area contributed by atoms with E-state index in [9.17, 15) is 19.1 Å². The van der Waals surface area contributed by atoms with Crippen molar-refractivity contribution in [3.05, 3.63) is 65.5 Å². The molecule has 2 aromatic carbocycles. The largest absolute Gasteiger partial charge is 0.508 e. The highest BCUT2D eigenvalue weighted by Gasteiger charge is 2.38. The summed E-state index contributed by atoms with van der Waals surface area (Å²) in [7, 11) is 1.75. The first-order valence-electron chi connectivity index (χ1n) is 8.04. The van der Waals surface area contributed by atoms with Crippen LogP contribution in [0.25, 0.3) is 0 Å². The highest BCUT2D eigenvalue weighted by atomic mass is 19.1. The van der Waals surface area contributed by atoms with Crippen LogP contribution in [0.2, 0.25) is 0 Å². The molecule has 0 aromatic heterocycles. The maximum absolute atomic E-state index is 13.8. The molecule has 130 valence electrons. The summed E-state index contributed by atoms with van der Waals surface area (Å²) in [6.45, 7) is 0.259. The van der Waals surface area contributed by atoms with Crippen molar-refractivity contribution in [3.63, 3.8) is 0 Å². The van der Waals surface area contributed by atoms with E-state index in [0.717, 1.165) is 11.6 Å². The summed E-state index contributed by atoms with van der Waals surface area (Å²) in [4.78, 5) is 26.0. The normalized spacial score (nSPS) is 19.9. The first kappa shape index (κ1) is 17.0. The molecule has 0 bridgehead atoms. The molecule has 0 aliphatic carbocycles. The van der Waals surface area contributed by atoms with Gasteiger partial charge in [-0.25, -0.2) is 4.39 Å². The van der Waals surface area contributed by atoms with E-state index in [0.29, 0.717) is 6.42 Å². The molecule has 2 atom stereocenters. The Bertz CT molecular complexity index is 795. The number of phenols is 1. The SMILES string of the molecule is CN1C(=O)C[C@H](CNC(=O)c2ccc(O)cc2F)[C@H]1c1ccccc1. The first-order valence-corrected chi connectivity index (χ1v) is 8.04. The lowest BCUT2D eigenvalue weighted by Gasteiger charge is -2.25. The van der Waals surface area contributed by atoms with E-state index in [-0.39, 0.29) is 35.7 Å². The van der Waals surface area contributed by atoms with Crippen LogP contribution in [-0.4, -0.2) is 35.4 Å². The zero-order valence-electron chi connectivity index (χ0n) is 13.8. The highest BCUT2D eigenvalue weighted by molar-refractivity contribution is 5.94. The van der Waals surface area contributed by atoms with E-state index in [1.807, 2.05) is 30.3 Å². The molecular weight excluding hydrogens is 323 g/mol. The summed E-state index contributed by atoms with van der Waals surface area (Å²) in [6, 6.07) is 12.9. The predicted molar refractivity (Wildman–Crippen MR) is 90.5 cm³/mol. The molecule has 1 saturated heterocycles. The van der Waals surface area contributed by atoms with Crippen LogP contribution < -0.4 is 5.32 Å². The van der Waals surface area contributed by atoms with Crippen LogP contribution in [-0.2, 0) is 4.79 Å². The molecule has 2 amide bonds. The Balaban J connectivity index is 1.73. The molecule has 25 heavy (non-hydrogen) atoms. The number of amides is 2. The minimum absolute atomic E-state index is 0.0175. The van der Waals surface area contributed by atoms with E-state index in [1.54, 1.807) is 11.9 Å². The molecule has 1 aliphatic heterocycles. The van der Waals surface area contributed by atoms with Crippen molar-refractivity contribution >= 4 is 11.8 Å². The van der Waals surface area contributed by atoms with Gasteiger partial charge in [-0.2, -0.15) is 0 Å². The monoisotopic (exact) mass is 342 g/mol. The Morgan fingerprint density at radius 2 is 2.00 bits per heavy atom. The van der Waals surface area contributed by atoms with Gasteiger partial charge in [0.1, 0.15) is 11.6 Å². The molecule has 5 nitrogen and oxygen atoms in total. The standard InChI is InChI=1S/C19H19FN2O3/c1-22-17(24)9-13(18(22)12-5-3-2-4-6-12)11-21-19(25)15-8-7-14(23)10-16(15)20/h2-8,10,13,18,23H,9,11H2,1H3,(H,21,25)/t13-,18-/m1/s1. The van der Waals surface area contributed by atoms with Gasteiger partial charge in [0.15, 0.2) is 0 Å². The van der Waals surface area contributed by atoms with E-state index in [2.05, 4.69) is 5.32 Å². The lowest BCUT2D eigenvalue weighted by Crippen LogP contribution is -2.33. The molecule has 0 unspecified atom stereocenters. The number of phenolic OH excluding ortho intramolecular Hbond substituents is 1. The van der Waals surface area contributed by atoms with Crippen molar-refractivity contribution < 1.29 is 19.1 Å². The topological polar surface area (TPSA) is 69.6 Å². The van der Waals surface area contributed by atoms with Crippen molar-refractivity contribution in [3.8, 4) is 5.75 Å². The van der Waals surface area contributed by atoms with Gasteiger partial charge in [0, 0.05) is 32.0 Å². The van der Waals surface area contributed by atoms with Gasteiger partial charge < -0.3 is 15.3 Å². The smallest absolute Gasteiger partial charge is 0.254 e. The zero-order valence-corrected chi connectivity index (χ0v) is 13.8. The molecule has 1 fully saturated rings. The van der Waals surface area contributed by atoms with Crippen molar-refractivity contribution in [1.29, 1.82) is 0 Å². The summed E-state index contributed by atoms with van der Waals surface area (Å²) >= 11 is 0. The van der Waals surface area contributed by atoms with Gasteiger partial charge in [0.2, 0.25) is 5.91 Å². The van der Waals surface area contributed by atoms with Crippen LogP contribution in [0, 0.1) is 11.7 Å². The third-order valence-electron chi connectivity index (χ3n) is 4.56. The van der Waals surface area contributed by atoms with E-state index >= 15 is 0 Å². The van der Waals surface area contributed by atoms with E-state index in [4.69, 9.17) is 0 Å². The molecule has 2 N–H and O–H groups in total. The van der Waals surface area contributed by atoms with Crippen molar-refractivity contribution in [2.75, 3.05) is 13.6 Å². The fourth-order valence-electron chi connectivity index (χ4n) is 3.29. The number of hydrogen-bond acceptors (Lipinski definition) is 3. The molecular formula is C19H19FN2O3. The number of benzene rings is 2. The molecule has 0 spiro atoms. The van der Waals surface area contributed by atoms with E-state index in [1.165, 1.54) is 12.1 Å². The molecule has 1 heterocycles. The summed E-state index contributed by atoms with van der Waals surface area (Å²) in [5.41, 5.74) is 0.873. The molecule has 0 saturated carbocycles. The molecule has 0 radical (unpaired) electrons. The number of hydrogen-bond donors (Lipinski definition) is 2. The van der Waals surface area contributed by atoms with E-state index < -0.39 is 11.7 Å². The fourth-order valence-corrected chi connectivity index (χ4v) is 3.29. The lowest BCUT2D eigenvalue weighted by atomic mass is 9.93. The quantitative estimate of drug-likeness (QED) is 0.897. The van der Waals surface area contributed by atoms with Crippen LogP contribution in [0.5, 0.6) is 5.75 Å². The number of nitrogens with one attached hydrogen (secondary N) is 1. The van der Waals surface area contributed by atoms with Gasteiger partial charge in [-0.3, -0.25) is 9.59 Å².